The highest BCUT2D eigenvalue weighted by atomic mass is 35.5. The maximum absolute atomic E-state index is 12.8. The largest absolute Gasteiger partial charge is 0.325 e. The van der Waals surface area contributed by atoms with E-state index < -0.39 is 0 Å². The van der Waals surface area contributed by atoms with Gasteiger partial charge in [-0.05, 0) is 36.5 Å². The molecule has 0 amide bonds. The van der Waals surface area contributed by atoms with Crippen LogP contribution < -0.4 is 5.73 Å². The quantitative estimate of drug-likeness (QED) is 0.803. The molecule has 0 radical (unpaired) electrons. The molecule has 2 atom stereocenters. The highest BCUT2D eigenvalue weighted by Crippen LogP contribution is 2.43. The Morgan fingerprint density at radius 1 is 1.64 bits per heavy atom. The second-order valence-corrected chi connectivity index (χ2v) is 4.66. The summed E-state index contributed by atoms with van der Waals surface area (Å²) in [5, 5.41) is 0.480. The van der Waals surface area contributed by atoms with E-state index in [-0.39, 0.29) is 11.4 Å². The summed E-state index contributed by atoms with van der Waals surface area (Å²) in [5.74, 6) is 0.247. The van der Waals surface area contributed by atoms with Gasteiger partial charge in [0.2, 0.25) is 0 Å². The molecule has 1 aliphatic rings. The van der Waals surface area contributed by atoms with Crippen LogP contribution in [0.2, 0.25) is 5.02 Å². The summed E-state index contributed by atoms with van der Waals surface area (Å²) in [4.78, 5) is 0. The summed E-state index contributed by atoms with van der Waals surface area (Å²) in [6.07, 6.45) is 1.77. The molecule has 2 N–H and O–H groups in total. The lowest BCUT2D eigenvalue weighted by molar-refractivity contribution is 0.607. The molecule has 0 spiro atoms. The molecule has 1 aromatic rings. The van der Waals surface area contributed by atoms with Crippen LogP contribution in [0.25, 0.3) is 0 Å². The van der Waals surface area contributed by atoms with E-state index in [0.29, 0.717) is 10.9 Å². The summed E-state index contributed by atoms with van der Waals surface area (Å²) in [5.41, 5.74) is 6.91. The summed E-state index contributed by atoms with van der Waals surface area (Å²) in [7, 11) is 0. The third-order valence-corrected chi connectivity index (χ3v) is 3.39. The molecule has 3 heteroatoms. The first kappa shape index (κ1) is 9.94. The van der Waals surface area contributed by atoms with Gasteiger partial charge in [-0.2, -0.15) is 0 Å². The molecule has 2 rings (SSSR count). The van der Waals surface area contributed by atoms with Crippen LogP contribution in [0.1, 0.15) is 18.9 Å². The summed E-state index contributed by atoms with van der Waals surface area (Å²) in [6.45, 7) is 2.12. The maximum Gasteiger partial charge on any atom is 0.124 e. The van der Waals surface area contributed by atoms with E-state index >= 15 is 0 Å². The Labute approximate surface area is 88.1 Å². The van der Waals surface area contributed by atoms with E-state index in [0.717, 1.165) is 18.4 Å². The minimum Gasteiger partial charge on any atom is -0.325 e. The minimum absolute atomic E-state index is 0.110. The van der Waals surface area contributed by atoms with Crippen molar-refractivity contribution in [3.63, 3.8) is 0 Å². The zero-order valence-corrected chi connectivity index (χ0v) is 8.81. The standard InChI is InChI=1S/C11H13ClFN/c1-7-5-11(7,14)6-8-2-3-9(13)4-10(8)12/h2-4,7H,5-6,14H2,1H3. The van der Waals surface area contributed by atoms with E-state index in [1.165, 1.54) is 12.1 Å². The number of benzene rings is 1. The van der Waals surface area contributed by atoms with Gasteiger partial charge in [0.05, 0.1) is 0 Å². The molecule has 14 heavy (non-hydrogen) atoms. The molecule has 0 aliphatic heterocycles. The highest BCUT2D eigenvalue weighted by Gasteiger charge is 2.47. The van der Waals surface area contributed by atoms with Gasteiger partial charge in [0.25, 0.3) is 0 Å². The van der Waals surface area contributed by atoms with Gasteiger partial charge in [-0.1, -0.05) is 24.6 Å². The third kappa shape index (κ3) is 1.77. The summed E-state index contributed by atoms with van der Waals surface area (Å²) in [6, 6.07) is 4.49. The van der Waals surface area contributed by atoms with Gasteiger partial charge in [0, 0.05) is 10.6 Å². The number of hydrogen-bond donors (Lipinski definition) is 1. The number of halogens is 2. The SMILES string of the molecule is CC1CC1(N)Cc1ccc(F)cc1Cl. The Hall–Kier alpha value is -0.600. The Morgan fingerprint density at radius 2 is 2.29 bits per heavy atom. The molecule has 1 aliphatic carbocycles. The van der Waals surface area contributed by atoms with Gasteiger partial charge >= 0.3 is 0 Å². The van der Waals surface area contributed by atoms with Gasteiger partial charge in [-0.25, -0.2) is 4.39 Å². The van der Waals surface area contributed by atoms with Gasteiger partial charge in [0.1, 0.15) is 5.82 Å². The van der Waals surface area contributed by atoms with Crippen molar-refractivity contribution in [3.8, 4) is 0 Å². The van der Waals surface area contributed by atoms with E-state index in [1.807, 2.05) is 0 Å². The average molecular weight is 214 g/mol. The molecule has 76 valence electrons. The van der Waals surface area contributed by atoms with Crippen LogP contribution in [0, 0.1) is 11.7 Å². The molecule has 1 aromatic carbocycles. The van der Waals surface area contributed by atoms with Crippen molar-refractivity contribution in [3.05, 3.63) is 34.6 Å². The lowest BCUT2D eigenvalue weighted by atomic mass is 10.0. The van der Waals surface area contributed by atoms with Crippen LogP contribution in [0.15, 0.2) is 18.2 Å². The lowest BCUT2D eigenvalue weighted by Crippen LogP contribution is -2.27. The molecule has 1 saturated carbocycles. The van der Waals surface area contributed by atoms with Crippen molar-refractivity contribution in [2.45, 2.75) is 25.3 Å². The molecular weight excluding hydrogens is 201 g/mol. The first-order valence-corrected chi connectivity index (χ1v) is 5.12. The zero-order chi connectivity index (χ0) is 10.3. The topological polar surface area (TPSA) is 26.0 Å². The minimum atomic E-state index is -0.298. The van der Waals surface area contributed by atoms with Crippen LogP contribution >= 0.6 is 11.6 Å². The molecule has 1 nitrogen and oxygen atoms in total. The van der Waals surface area contributed by atoms with Crippen LogP contribution in [-0.4, -0.2) is 5.54 Å². The molecule has 1 fully saturated rings. The van der Waals surface area contributed by atoms with E-state index in [9.17, 15) is 4.39 Å². The number of rotatable bonds is 2. The molecule has 2 unspecified atom stereocenters. The van der Waals surface area contributed by atoms with Gasteiger partial charge in [-0.15, -0.1) is 0 Å². The van der Waals surface area contributed by atoms with Crippen LogP contribution in [-0.2, 0) is 6.42 Å². The van der Waals surface area contributed by atoms with Crippen molar-refractivity contribution in [1.29, 1.82) is 0 Å². The molecular formula is C11H13ClFN. The maximum atomic E-state index is 12.8. The highest BCUT2D eigenvalue weighted by molar-refractivity contribution is 6.31. The molecule has 0 heterocycles. The summed E-state index contributed by atoms with van der Waals surface area (Å²) >= 11 is 5.92. The second-order valence-electron chi connectivity index (χ2n) is 4.25. The van der Waals surface area contributed by atoms with Crippen molar-refractivity contribution in [2.75, 3.05) is 0 Å². The Bertz CT molecular complexity index is 366. The fourth-order valence-corrected chi connectivity index (χ4v) is 2.01. The van der Waals surface area contributed by atoms with Crippen LogP contribution in [0.4, 0.5) is 4.39 Å². The smallest absolute Gasteiger partial charge is 0.124 e. The normalized spacial score (nSPS) is 30.4. The first-order valence-electron chi connectivity index (χ1n) is 4.74. The van der Waals surface area contributed by atoms with E-state index in [1.54, 1.807) is 6.07 Å². The third-order valence-electron chi connectivity index (χ3n) is 3.04. The van der Waals surface area contributed by atoms with Crippen LogP contribution in [0.3, 0.4) is 0 Å². The molecule has 0 bridgehead atoms. The van der Waals surface area contributed by atoms with Crippen molar-refractivity contribution >= 4 is 11.6 Å². The predicted molar refractivity (Wildman–Crippen MR) is 55.8 cm³/mol. The van der Waals surface area contributed by atoms with Gasteiger partial charge in [0.15, 0.2) is 0 Å². The predicted octanol–water partition coefficient (Wildman–Crippen LogP) is 2.76. The lowest BCUT2D eigenvalue weighted by Gasteiger charge is -2.11. The van der Waals surface area contributed by atoms with Crippen molar-refractivity contribution in [1.82, 2.24) is 0 Å². The fourth-order valence-electron chi connectivity index (χ4n) is 1.78. The van der Waals surface area contributed by atoms with Crippen molar-refractivity contribution in [2.24, 2.45) is 11.7 Å². The second kappa shape index (κ2) is 3.21. The van der Waals surface area contributed by atoms with Gasteiger partial charge in [-0.3, -0.25) is 0 Å². The first-order chi connectivity index (χ1) is 6.51. The zero-order valence-electron chi connectivity index (χ0n) is 8.06. The van der Waals surface area contributed by atoms with E-state index in [4.69, 9.17) is 17.3 Å². The number of hydrogen-bond acceptors (Lipinski definition) is 1. The molecule has 0 aromatic heterocycles. The monoisotopic (exact) mass is 213 g/mol. The van der Waals surface area contributed by atoms with E-state index in [2.05, 4.69) is 6.92 Å². The average Bonchev–Trinajstić information content (AvgIpc) is 2.66. The Kier molecular flexibility index (Phi) is 2.28. The van der Waals surface area contributed by atoms with Crippen molar-refractivity contribution < 1.29 is 4.39 Å². The Balaban J connectivity index is 2.18. The fraction of sp³-hybridized carbons (Fsp3) is 0.455. The Morgan fingerprint density at radius 3 is 2.79 bits per heavy atom. The molecule has 0 saturated heterocycles. The summed E-state index contributed by atoms with van der Waals surface area (Å²) < 4.78 is 12.8. The number of nitrogens with two attached hydrogens (primary N) is 1. The van der Waals surface area contributed by atoms with Gasteiger partial charge < -0.3 is 5.73 Å². The van der Waals surface area contributed by atoms with Crippen LogP contribution in [0.5, 0.6) is 0 Å².